The Hall–Kier alpha value is -0.630. The summed E-state index contributed by atoms with van der Waals surface area (Å²) in [4.78, 5) is 12.1. The molecule has 1 aliphatic heterocycles. The van der Waals surface area contributed by atoms with Crippen LogP contribution in [-0.4, -0.2) is 30.8 Å². The van der Waals surface area contributed by atoms with Gasteiger partial charge >= 0.3 is 0 Å². The summed E-state index contributed by atoms with van der Waals surface area (Å²) in [5.74, 6) is 0. The van der Waals surface area contributed by atoms with Crippen LogP contribution in [0.1, 0.15) is 12.8 Å². The van der Waals surface area contributed by atoms with Crippen molar-refractivity contribution < 1.29 is 4.79 Å². The van der Waals surface area contributed by atoms with Crippen LogP contribution in [0, 0.1) is 0 Å². The summed E-state index contributed by atoms with van der Waals surface area (Å²) in [6, 6.07) is 0.474. The van der Waals surface area contributed by atoms with Gasteiger partial charge in [-0.1, -0.05) is 6.08 Å². The molecule has 0 spiro atoms. The van der Waals surface area contributed by atoms with Crippen LogP contribution >= 0.6 is 0 Å². The number of allylic oxidation sites excluding steroid dienone is 1. The van der Waals surface area contributed by atoms with Gasteiger partial charge in [0.25, 0.3) is 0 Å². The zero-order chi connectivity index (χ0) is 7.40. The largest absolute Gasteiger partial charge is 0.300 e. The van der Waals surface area contributed by atoms with Crippen LogP contribution in [0.2, 0.25) is 0 Å². The van der Waals surface area contributed by atoms with E-state index in [4.69, 9.17) is 0 Å². The van der Waals surface area contributed by atoms with Gasteiger partial charge in [-0.3, -0.25) is 9.69 Å². The van der Waals surface area contributed by atoms with Gasteiger partial charge in [0, 0.05) is 6.04 Å². The quantitative estimate of drug-likeness (QED) is 0.525. The van der Waals surface area contributed by atoms with E-state index in [9.17, 15) is 4.79 Å². The maximum atomic E-state index is 9.84. The molecular formula is C8H12NO. The van der Waals surface area contributed by atoms with Crippen LogP contribution in [0.25, 0.3) is 0 Å². The number of hydrogen-bond acceptors (Lipinski definition) is 2. The van der Waals surface area contributed by atoms with Crippen molar-refractivity contribution in [2.24, 2.45) is 0 Å². The van der Waals surface area contributed by atoms with Gasteiger partial charge in [-0.15, -0.1) is 0 Å². The average Bonchev–Trinajstić information content (AvgIpc) is 2.31. The first-order valence-electron chi connectivity index (χ1n) is 3.59. The van der Waals surface area contributed by atoms with Gasteiger partial charge in [-0.2, -0.15) is 0 Å². The maximum Gasteiger partial charge on any atom is 0.225 e. The Morgan fingerprint density at radius 1 is 1.70 bits per heavy atom. The lowest BCUT2D eigenvalue weighted by molar-refractivity contribution is 0.357. The van der Waals surface area contributed by atoms with E-state index in [0.29, 0.717) is 6.04 Å². The molecule has 0 bridgehead atoms. The fourth-order valence-electron chi connectivity index (χ4n) is 1.33. The van der Waals surface area contributed by atoms with E-state index in [1.807, 2.05) is 6.08 Å². The van der Waals surface area contributed by atoms with Crippen LogP contribution in [-0.2, 0) is 4.79 Å². The molecule has 1 aliphatic rings. The number of nitrogens with zero attached hydrogens (tertiary/aromatic N) is 1. The molecule has 1 fully saturated rings. The van der Waals surface area contributed by atoms with Crippen molar-refractivity contribution in [2.45, 2.75) is 18.9 Å². The highest BCUT2D eigenvalue weighted by molar-refractivity contribution is 5.65. The van der Waals surface area contributed by atoms with E-state index in [1.165, 1.54) is 18.9 Å². The van der Waals surface area contributed by atoms with Crippen molar-refractivity contribution in [1.82, 2.24) is 4.90 Å². The minimum absolute atomic E-state index is 0.474. The van der Waals surface area contributed by atoms with Crippen LogP contribution in [0.4, 0.5) is 0 Å². The number of rotatable bonds is 2. The monoisotopic (exact) mass is 138 g/mol. The Kier molecular flexibility index (Phi) is 2.63. The second-order valence-corrected chi connectivity index (χ2v) is 2.67. The first-order chi connectivity index (χ1) is 4.84. The fraction of sp³-hybridized carbons (Fsp3) is 0.625. The molecule has 1 radical (unpaired) electrons. The number of likely N-dealkylation sites (N-methyl/N-ethyl adjacent to an activating group) is 1. The zero-order valence-electron chi connectivity index (χ0n) is 6.21. The van der Waals surface area contributed by atoms with Gasteiger partial charge < -0.3 is 0 Å². The van der Waals surface area contributed by atoms with Gasteiger partial charge in [0.05, 0.1) is 0 Å². The minimum atomic E-state index is 0.474. The Morgan fingerprint density at radius 3 is 3.00 bits per heavy atom. The molecule has 1 saturated heterocycles. The van der Waals surface area contributed by atoms with E-state index in [2.05, 4.69) is 11.9 Å². The molecule has 0 saturated carbocycles. The van der Waals surface area contributed by atoms with Gasteiger partial charge in [0.15, 0.2) is 0 Å². The van der Waals surface area contributed by atoms with E-state index in [1.54, 1.807) is 6.29 Å². The van der Waals surface area contributed by atoms with Gasteiger partial charge in [-0.05, 0) is 32.5 Å². The highest BCUT2D eigenvalue weighted by atomic mass is 16.1. The smallest absolute Gasteiger partial charge is 0.225 e. The van der Waals surface area contributed by atoms with E-state index in [-0.39, 0.29) is 0 Å². The summed E-state index contributed by atoms with van der Waals surface area (Å²) in [7, 11) is 2.08. The van der Waals surface area contributed by atoms with Crippen molar-refractivity contribution in [3.8, 4) is 0 Å². The first-order valence-corrected chi connectivity index (χ1v) is 3.59. The summed E-state index contributed by atoms with van der Waals surface area (Å²) in [6.07, 6.45) is 7.56. The lowest BCUT2D eigenvalue weighted by Crippen LogP contribution is -2.22. The normalized spacial score (nSPS) is 27.9. The lowest BCUT2D eigenvalue weighted by Gasteiger charge is -2.13. The highest BCUT2D eigenvalue weighted by Crippen LogP contribution is 2.14. The molecule has 2 nitrogen and oxygen atoms in total. The van der Waals surface area contributed by atoms with E-state index >= 15 is 0 Å². The van der Waals surface area contributed by atoms with Gasteiger partial charge in [0.2, 0.25) is 6.29 Å². The highest BCUT2D eigenvalue weighted by Gasteiger charge is 2.16. The summed E-state index contributed by atoms with van der Waals surface area (Å²) in [5.41, 5.74) is 0. The van der Waals surface area contributed by atoms with Crippen molar-refractivity contribution >= 4 is 6.29 Å². The van der Waals surface area contributed by atoms with Crippen LogP contribution in [0.15, 0.2) is 12.2 Å². The third-order valence-electron chi connectivity index (χ3n) is 1.96. The Labute approximate surface area is 61.5 Å². The maximum absolute atomic E-state index is 9.84. The van der Waals surface area contributed by atoms with E-state index < -0.39 is 0 Å². The average molecular weight is 138 g/mol. The predicted molar refractivity (Wildman–Crippen MR) is 40.5 cm³/mol. The Bertz CT molecular complexity index is 142. The number of hydrogen-bond donors (Lipinski definition) is 0. The topological polar surface area (TPSA) is 20.3 Å². The summed E-state index contributed by atoms with van der Waals surface area (Å²) >= 11 is 0. The number of likely N-dealkylation sites (tertiary alicyclic amines) is 1. The molecule has 0 aromatic heterocycles. The molecule has 1 unspecified atom stereocenters. The molecule has 1 rings (SSSR count). The molecule has 1 heterocycles. The minimum Gasteiger partial charge on any atom is -0.300 e. The van der Waals surface area contributed by atoms with Gasteiger partial charge in [0.1, 0.15) is 0 Å². The van der Waals surface area contributed by atoms with Crippen LogP contribution in [0.5, 0.6) is 0 Å². The molecule has 0 aromatic carbocycles. The molecule has 0 aromatic rings. The zero-order valence-corrected chi connectivity index (χ0v) is 6.21. The SMILES string of the molecule is CN1CCCC1C=C[C]=O. The molecule has 55 valence electrons. The van der Waals surface area contributed by atoms with Crippen molar-refractivity contribution in [1.29, 1.82) is 0 Å². The molecule has 10 heavy (non-hydrogen) atoms. The second-order valence-electron chi connectivity index (χ2n) is 2.67. The third-order valence-corrected chi connectivity index (χ3v) is 1.96. The summed E-state index contributed by atoms with van der Waals surface area (Å²) in [6.45, 7) is 1.15. The molecule has 0 aliphatic carbocycles. The standard InChI is InChI=1S/C8H12NO/c1-9-6-2-4-8(9)5-3-7-10/h3,5,8H,2,4,6H2,1H3. The Morgan fingerprint density at radius 2 is 2.50 bits per heavy atom. The van der Waals surface area contributed by atoms with Crippen LogP contribution in [0.3, 0.4) is 0 Å². The van der Waals surface area contributed by atoms with E-state index in [0.717, 1.165) is 6.54 Å². The van der Waals surface area contributed by atoms with Crippen LogP contribution < -0.4 is 0 Å². The fourth-order valence-corrected chi connectivity index (χ4v) is 1.33. The first kappa shape index (κ1) is 7.48. The Balaban J connectivity index is 2.39. The molecule has 0 amide bonds. The van der Waals surface area contributed by atoms with Gasteiger partial charge in [-0.25, -0.2) is 0 Å². The molecular weight excluding hydrogens is 126 g/mol. The molecule has 2 heteroatoms. The summed E-state index contributed by atoms with van der Waals surface area (Å²) < 4.78 is 0. The third kappa shape index (κ3) is 1.67. The van der Waals surface area contributed by atoms with Crippen molar-refractivity contribution in [2.75, 3.05) is 13.6 Å². The van der Waals surface area contributed by atoms with Crippen molar-refractivity contribution in [3.63, 3.8) is 0 Å². The second kappa shape index (κ2) is 3.52. The molecule has 0 N–H and O–H groups in total. The predicted octanol–water partition coefficient (Wildman–Crippen LogP) is 0.746. The number of carbonyl (C=O) groups excluding carboxylic acids is 1. The summed E-state index contributed by atoms with van der Waals surface area (Å²) in [5, 5.41) is 0. The van der Waals surface area contributed by atoms with Crippen molar-refractivity contribution in [3.05, 3.63) is 12.2 Å². The lowest BCUT2D eigenvalue weighted by atomic mass is 10.2. The molecule has 1 atom stereocenters.